The number of halogens is 2. The van der Waals surface area contributed by atoms with Crippen molar-refractivity contribution in [3.8, 4) is 0 Å². The molecule has 1 aliphatic carbocycles. The van der Waals surface area contributed by atoms with E-state index in [1.165, 1.54) is 4.90 Å². The van der Waals surface area contributed by atoms with Gasteiger partial charge in [-0.05, 0) is 68.1 Å². The van der Waals surface area contributed by atoms with Gasteiger partial charge in [-0.3, -0.25) is 13.9 Å². The molecule has 7 nitrogen and oxygen atoms in total. The minimum atomic E-state index is -3.77. The molecule has 2 aromatic carbocycles. The van der Waals surface area contributed by atoms with E-state index in [0.717, 1.165) is 51.8 Å². The quantitative estimate of drug-likeness (QED) is 0.465. The standard InChI is InChI=1S/C25H31BrClN3O4S/c1-17-14-22(12-13-23(17)26)30(35(3,33)34)16-24(31)29(15-19-8-10-20(27)11-9-19)18(2)25(32)28-21-6-4-5-7-21/h8-14,18,21H,4-7,15-16H2,1-3H3,(H,28,32). The molecule has 2 aromatic rings. The van der Waals surface area contributed by atoms with Gasteiger partial charge in [0, 0.05) is 22.1 Å². The summed E-state index contributed by atoms with van der Waals surface area (Å²) >= 11 is 9.43. The van der Waals surface area contributed by atoms with E-state index in [1.54, 1.807) is 49.4 Å². The van der Waals surface area contributed by atoms with Crippen molar-refractivity contribution in [2.75, 3.05) is 17.1 Å². The summed E-state index contributed by atoms with van der Waals surface area (Å²) in [6.07, 6.45) is 5.06. The molecule has 0 spiro atoms. The highest BCUT2D eigenvalue weighted by Gasteiger charge is 2.31. The van der Waals surface area contributed by atoms with Gasteiger partial charge in [0.05, 0.1) is 11.9 Å². The number of nitrogens with zero attached hydrogens (tertiary/aromatic N) is 2. The fraction of sp³-hybridized carbons (Fsp3) is 0.440. The molecular weight excluding hydrogens is 554 g/mol. The van der Waals surface area contributed by atoms with Crippen LogP contribution in [-0.2, 0) is 26.2 Å². The highest BCUT2D eigenvalue weighted by Crippen LogP contribution is 2.25. The van der Waals surface area contributed by atoms with Gasteiger partial charge in [0.1, 0.15) is 12.6 Å². The SMILES string of the molecule is Cc1cc(N(CC(=O)N(Cc2ccc(Cl)cc2)C(C)C(=O)NC2CCCC2)S(C)(=O)=O)ccc1Br. The largest absolute Gasteiger partial charge is 0.352 e. The predicted octanol–water partition coefficient (Wildman–Crippen LogP) is 4.65. The zero-order valence-corrected chi connectivity index (χ0v) is 23.3. The highest BCUT2D eigenvalue weighted by molar-refractivity contribution is 9.10. The minimum Gasteiger partial charge on any atom is -0.352 e. The van der Waals surface area contributed by atoms with Gasteiger partial charge in [-0.15, -0.1) is 0 Å². The highest BCUT2D eigenvalue weighted by atomic mass is 79.9. The van der Waals surface area contributed by atoms with Crippen LogP contribution in [0.4, 0.5) is 5.69 Å². The third-order valence-corrected chi connectivity index (χ3v) is 8.53. The van der Waals surface area contributed by atoms with Gasteiger partial charge in [-0.2, -0.15) is 0 Å². The third-order valence-electron chi connectivity index (χ3n) is 6.24. The monoisotopic (exact) mass is 583 g/mol. The van der Waals surface area contributed by atoms with E-state index in [1.807, 2.05) is 6.92 Å². The third kappa shape index (κ3) is 7.44. The van der Waals surface area contributed by atoms with E-state index in [4.69, 9.17) is 11.6 Å². The molecule has 0 radical (unpaired) electrons. The van der Waals surface area contributed by atoms with Crippen molar-refractivity contribution < 1.29 is 18.0 Å². The normalized spacial score (nSPS) is 15.0. The molecule has 0 aromatic heterocycles. The molecule has 1 unspecified atom stereocenters. The zero-order valence-electron chi connectivity index (χ0n) is 20.1. The summed E-state index contributed by atoms with van der Waals surface area (Å²) in [5.74, 6) is -0.718. The summed E-state index contributed by atoms with van der Waals surface area (Å²) in [6, 6.07) is 11.4. The van der Waals surface area contributed by atoms with Crippen molar-refractivity contribution in [1.29, 1.82) is 0 Å². The van der Waals surface area contributed by atoms with Gasteiger partial charge in [0.15, 0.2) is 0 Å². The van der Waals surface area contributed by atoms with Gasteiger partial charge in [0.25, 0.3) is 0 Å². The number of sulfonamides is 1. The topological polar surface area (TPSA) is 86.8 Å². The molecule has 1 saturated carbocycles. The zero-order chi connectivity index (χ0) is 25.8. The first-order valence-electron chi connectivity index (χ1n) is 11.5. The van der Waals surface area contributed by atoms with E-state index >= 15 is 0 Å². The Kier molecular flexibility index (Phi) is 9.23. The van der Waals surface area contributed by atoms with E-state index < -0.39 is 28.5 Å². The van der Waals surface area contributed by atoms with E-state index in [2.05, 4.69) is 21.2 Å². The van der Waals surface area contributed by atoms with Crippen LogP contribution in [0.25, 0.3) is 0 Å². The number of hydrogen-bond acceptors (Lipinski definition) is 4. The molecule has 1 aliphatic rings. The Morgan fingerprint density at radius 2 is 1.77 bits per heavy atom. The van der Waals surface area contributed by atoms with Crippen molar-refractivity contribution in [3.63, 3.8) is 0 Å². The molecule has 1 atom stereocenters. The van der Waals surface area contributed by atoms with Crippen LogP contribution in [0.5, 0.6) is 0 Å². The predicted molar refractivity (Wildman–Crippen MR) is 143 cm³/mol. The molecule has 0 bridgehead atoms. The van der Waals surface area contributed by atoms with E-state index in [9.17, 15) is 18.0 Å². The van der Waals surface area contributed by atoms with Crippen molar-refractivity contribution in [3.05, 3.63) is 63.1 Å². The van der Waals surface area contributed by atoms with Crippen LogP contribution in [0.15, 0.2) is 46.9 Å². The Morgan fingerprint density at radius 3 is 2.34 bits per heavy atom. The summed E-state index contributed by atoms with van der Waals surface area (Å²) in [5.41, 5.74) is 2.01. The summed E-state index contributed by atoms with van der Waals surface area (Å²) < 4.78 is 27.2. The number of carbonyl (C=O) groups is 2. The molecule has 10 heteroatoms. The average Bonchev–Trinajstić information content (AvgIpc) is 3.30. The number of hydrogen-bond donors (Lipinski definition) is 1. The van der Waals surface area contributed by atoms with Gasteiger partial charge in [-0.25, -0.2) is 8.42 Å². The van der Waals surface area contributed by atoms with Crippen LogP contribution in [0, 0.1) is 6.92 Å². The summed E-state index contributed by atoms with van der Waals surface area (Å²) in [5, 5.41) is 3.61. The van der Waals surface area contributed by atoms with Crippen LogP contribution >= 0.6 is 27.5 Å². The Morgan fingerprint density at radius 1 is 1.14 bits per heavy atom. The lowest BCUT2D eigenvalue weighted by atomic mass is 10.1. The molecule has 190 valence electrons. The summed E-state index contributed by atoms with van der Waals surface area (Å²) in [7, 11) is -3.77. The second-order valence-corrected chi connectivity index (χ2v) is 12.2. The fourth-order valence-electron chi connectivity index (χ4n) is 4.16. The van der Waals surface area contributed by atoms with Crippen LogP contribution in [0.2, 0.25) is 5.02 Å². The number of aryl methyl sites for hydroxylation is 1. The van der Waals surface area contributed by atoms with Crippen LogP contribution < -0.4 is 9.62 Å². The smallest absolute Gasteiger partial charge is 0.244 e. The van der Waals surface area contributed by atoms with E-state index in [0.29, 0.717) is 10.7 Å². The minimum absolute atomic E-state index is 0.107. The molecule has 0 saturated heterocycles. The molecule has 3 rings (SSSR count). The van der Waals surface area contributed by atoms with Crippen molar-refractivity contribution in [2.45, 2.75) is 58.2 Å². The number of carbonyl (C=O) groups excluding carboxylic acids is 2. The Bertz CT molecular complexity index is 1170. The Labute approximate surface area is 221 Å². The maximum absolute atomic E-state index is 13.6. The van der Waals surface area contributed by atoms with Gasteiger partial charge in [-0.1, -0.05) is 52.5 Å². The Balaban J connectivity index is 1.88. The van der Waals surface area contributed by atoms with Crippen LogP contribution in [0.1, 0.15) is 43.7 Å². The number of benzene rings is 2. The molecule has 0 heterocycles. The lowest BCUT2D eigenvalue weighted by Gasteiger charge is -2.32. The molecule has 0 aliphatic heterocycles. The maximum atomic E-state index is 13.6. The van der Waals surface area contributed by atoms with Gasteiger partial charge < -0.3 is 10.2 Å². The first-order valence-corrected chi connectivity index (χ1v) is 14.6. The van der Waals surface area contributed by atoms with E-state index in [-0.39, 0.29) is 18.5 Å². The van der Waals surface area contributed by atoms with Crippen molar-refractivity contribution in [1.82, 2.24) is 10.2 Å². The van der Waals surface area contributed by atoms with Crippen LogP contribution in [0.3, 0.4) is 0 Å². The second kappa shape index (κ2) is 11.8. The average molecular weight is 585 g/mol. The molecule has 2 amide bonds. The first kappa shape index (κ1) is 27.5. The second-order valence-electron chi connectivity index (χ2n) is 9.02. The lowest BCUT2D eigenvalue weighted by molar-refractivity contribution is -0.139. The van der Waals surface area contributed by atoms with Crippen molar-refractivity contribution in [2.24, 2.45) is 0 Å². The number of anilines is 1. The number of nitrogens with one attached hydrogen (secondary N) is 1. The lowest BCUT2D eigenvalue weighted by Crippen LogP contribution is -2.52. The molecule has 1 N–H and O–H groups in total. The fourth-order valence-corrected chi connectivity index (χ4v) is 5.37. The maximum Gasteiger partial charge on any atom is 0.244 e. The summed E-state index contributed by atoms with van der Waals surface area (Å²) in [4.78, 5) is 28.1. The number of amides is 2. The van der Waals surface area contributed by atoms with Gasteiger partial charge >= 0.3 is 0 Å². The van der Waals surface area contributed by atoms with Gasteiger partial charge in [0.2, 0.25) is 21.8 Å². The summed E-state index contributed by atoms with van der Waals surface area (Å²) in [6.45, 7) is 3.24. The number of rotatable bonds is 9. The van der Waals surface area contributed by atoms with Crippen molar-refractivity contribution >= 4 is 55.1 Å². The molecule has 35 heavy (non-hydrogen) atoms. The van der Waals surface area contributed by atoms with Crippen LogP contribution in [-0.4, -0.2) is 50.0 Å². The first-order chi connectivity index (χ1) is 16.5. The Hall–Kier alpha value is -2.10. The molecule has 1 fully saturated rings. The molecular formula is C25H31BrClN3O4S.